The van der Waals surface area contributed by atoms with E-state index < -0.39 is 6.17 Å². The normalized spacial score (nSPS) is 14.6. The van der Waals surface area contributed by atoms with Gasteiger partial charge in [0.1, 0.15) is 6.61 Å². The van der Waals surface area contributed by atoms with Crippen molar-refractivity contribution in [1.82, 2.24) is 0 Å². The highest BCUT2D eigenvalue weighted by Crippen LogP contribution is 2.45. The summed E-state index contributed by atoms with van der Waals surface area (Å²) in [5.41, 5.74) is 6.65. The molecule has 0 aromatic heterocycles. The molecular weight excluding hydrogens is 569 g/mol. The Morgan fingerprint density at radius 3 is 2.29 bits per heavy atom. The Labute approximate surface area is 257 Å². The van der Waals surface area contributed by atoms with Crippen molar-refractivity contribution in [3.63, 3.8) is 0 Å². The summed E-state index contributed by atoms with van der Waals surface area (Å²) < 4.78 is 12.6. The van der Waals surface area contributed by atoms with E-state index in [2.05, 4.69) is 26.0 Å². The highest BCUT2D eigenvalue weighted by atomic mass is 35.5. The van der Waals surface area contributed by atoms with Gasteiger partial charge in [0.25, 0.3) is 0 Å². The number of rotatable bonds is 9. The molecule has 1 aliphatic rings. The van der Waals surface area contributed by atoms with Gasteiger partial charge in [-0.1, -0.05) is 65.2 Å². The molecule has 4 aromatic carbocycles. The molecule has 0 saturated heterocycles. The molecule has 0 fully saturated rings. The van der Waals surface area contributed by atoms with Gasteiger partial charge in [0.15, 0.2) is 29.3 Å². The quantitative estimate of drug-likeness (QED) is 0.192. The van der Waals surface area contributed by atoms with Crippen molar-refractivity contribution in [3.8, 4) is 11.5 Å². The van der Waals surface area contributed by atoms with Crippen molar-refractivity contribution in [2.45, 2.75) is 47.4 Å². The zero-order valence-corrected chi connectivity index (χ0v) is 25.8. The number of ketones is 1. The van der Waals surface area contributed by atoms with E-state index in [0.717, 1.165) is 39.2 Å². The zero-order chi connectivity index (χ0) is 30.0. The maximum atomic E-state index is 13.1. The van der Waals surface area contributed by atoms with Crippen LogP contribution in [0.4, 0.5) is 11.4 Å². The number of anilines is 2. The van der Waals surface area contributed by atoms with E-state index in [1.165, 1.54) is 0 Å². The number of Topliss-reactive ketones (excluding diaryl/α,β-unsaturated/α-hetero) is 1. The molecule has 5 rings (SSSR count). The van der Waals surface area contributed by atoms with Crippen LogP contribution in [-0.2, 0) is 11.4 Å². The zero-order valence-electron chi connectivity index (χ0n) is 24.3. The number of hydrogen-bond donors (Lipinski definition) is 0. The van der Waals surface area contributed by atoms with Crippen LogP contribution in [0.2, 0.25) is 10.0 Å². The summed E-state index contributed by atoms with van der Waals surface area (Å²) in [4.78, 5) is 15.1. The Hall–Kier alpha value is -4.00. The molecule has 1 atom stereocenters. The third-order valence-electron chi connectivity index (χ3n) is 7.26. The van der Waals surface area contributed by atoms with Crippen LogP contribution in [-0.4, -0.2) is 18.2 Å². The van der Waals surface area contributed by atoms with Gasteiger partial charge < -0.3 is 9.47 Å². The number of halogens is 2. The van der Waals surface area contributed by atoms with Gasteiger partial charge in [-0.3, -0.25) is 9.69 Å². The van der Waals surface area contributed by atoms with Crippen LogP contribution in [0.25, 0.3) is 0 Å². The topological polar surface area (TPSA) is 54.4 Å². The minimum Gasteiger partial charge on any atom is -0.490 e. The van der Waals surface area contributed by atoms with E-state index in [-0.39, 0.29) is 12.4 Å². The fourth-order valence-electron chi connectivity index (χ4n) is 4.92. The van der Waals surface area contributed by atoms with E-state index in [1.807, 2.05) is 78.4 Å². The Kier molecular flexibility index (Phi) is 8.76. The highest BCUT2D eigenvalue weighted by molar-refractivity contribution is 6.44. The monoisotopic (exact) mass is 601 g/mol. The molecular formula is C34H33Cl2N3O3. The lowest BCUT2D eigenvalue weighted by Gasteiger charge is -2.33. The van der Waals surface area contributed by atoms with Gasteiger partial charge in [0.2, 0.25) is 0 Å². The van der Waals surface area contributed by atoms with Crippen LogP contribution in [0.1, 0.15) is 47.8 Å². The second-order valence-corrected chi connectivity index (χ2v) is 11.1. The van der Waals surface area contributed by atoms with Crippen molar-refractivity contribution >= 4 is 46.2 Å². The standard InChI is InChI=1S/C34H33Cl2N3O3/c1-6-41-31-9-7-8-29(32(31)42-20-25-13-14-26(35)19-30(25)36)34-38(28-17-12-22(3)23(4)18-28)33(24(5)40)37-39(34)27-15-10-21(2)11-16-27/h7-19,34H,6,20H2,1-5H3. The van der Waals surface area contributed by atoms with Crippen molar-refractivity contribution < 1.29 is 14.3 Å². The number of benzene rings is 4. The molecule has 42 heavy (non-hydrogen) atoms. The first kappa shape index (κ1) is 29.5. The number of carbonyl (C=O) groups excluding carboxylic acids is 1. The number of carbonyl (C=O) groups is 1. The molecule has 8 heteroatoms. The van der Waals surface area contributed by atoms with Crippen LogP contribution < -0.4 is 19.4 Å². The number of hydrogen-bond acceptors (Lipinski definition) is 6. The largest absolute Gasteiger partial charge is 0.490 e. The number of nitrogens with zero attached hydrogens (tertiary/aromatic N) is 3. The van der Waals surface area contributed by atoms with Crippen molar-refractivity contribution in [3.05, 3.63) is 117 Å². The minimum atomic E-state index is -0.551. The summed E-state index contributed by atoms with van der Waals surface area (Å²) in [5, 5.41) is 7.85. The van der Waals surface area contributed by atoms with Gasteiger partial charge in [-0.2, -0.15) is 0 Å². The SMILES string of the molecule is CCOc1cccc(C2N(c3ccc(C)cc3)N=C(C(C)=O)N2c2ccc(C)c(C)c2)c1OCc1ccc(Cl)cc1Cl. The van der Waals surface area contributed by atoms with E-state index in [1.54, 1.807) is 19.1 Å². The molecule has 0 aliphatic carbocycles. The third kappa shape index (κ3) is 5.96. The second kappa shape index (κ2) is 12.5. The second-order valence-electron chi connectivity index (χ2n) is 10.3. The molecule has 0 radical (unpaired) electrons. The summed E-state index contributed by atoms with van der Waals surface area (Å²) in [6.07, 6.45) is -0.551. The lowest BCUT2D eigenvalue weighted by molar-refractivity contribution is -0.111. The van der Waals surface area contributed by atoms with Gasteiger partial charge in [0.05, 0.1) is 12.3 Å². The lowest BCUT2D eigenvalue weighted by atomic mass is 10.0. The van der Waals surface area contributed by atoms with Crippen LogP contribution in [0.5, 0.6) is 11.5 Å². The van der Waals surface area contributed by atoms with Crippen LogP contribution in [0.15, 0.2) is 84.0 Å². The average molecular weight is 603 g/mol. The van der Waals surface area contributed by atoms with Gasteiger partial charge >= 0.3 is 0 Å². The molecule has 0 amide bonds. The third-order valence-corrected chi connectivity index (χ3v) is 7.85. The summed E-state index contributed by atoms with van der Waals surface area (Å²) in [7, 11) is 0. The Balaban J connectivity index is 1.69. The average Bonchev–Trinajstić information content (AvgIpc) is 3.36. The lowest BCUT2D eigenvalue weighted by Crippen LogP contribution is -2.38. The first-order valence-electron chi connectivity index (χ1n) is 13.8. The summed E-state index contributed by atoms with van der Waals surface area (Å²) >= 11 is 12.6. The molecule has 1 aliphatic heterocycles. The molecule has 1 unspecified atom stereocenters. The summed E-state index contributed by atoms with van der Waals surface area (Å²) in [6, 6.07) is 25.4. The predicted octanol–water partition coefficient (Wildman–Crippen LogP) is 8.82. The Morgan fingerprint density at radius 1 is 0.881 bits per heavy atom. The van der Waals surface area contributed by atoms with Gasteiger partial charge in [-0.25, -0.2) is 5.01 Å². The smallest absolute Gasteiger partial charge is 0.198 e. The molecule has 0 saturated carbocycles. The molecule has 0 bridgehead atoms. The maximum absolute atomic E-state index is 13.1. The Morgan fingerprint density at radius 2 is 1.62 bits per heavy atom. The first-order valence-corrected chi connectivity index (χ1v) is 14.6. The molecule has 1 heterocycles. The number of para-hydroxylation sites is 1. The fourth-order valence-corrected chi connectivity index (χ4v) is 5.39. The van der Waals surface area contributed by atoms with Crippen LogP contribution in [0, 0.1) is 20.8 Å². The summed E-state index contributed by atoms with van der Waals surface area (Å²) in [6.45, 7) is 10.3. The molecule has 216 valence electrons. The van der Waals surface area contributed by atoms with Gasteiger partial charge in [-0.15, -0.1) is 5.10 Å². The molecule has 4 aromatic rings. The van der Waals surface area contributed by atoms with Crippen LogP contribution in [0.3, 0.4) is 0 Å². The number of hydrazone groups is 1. The van der Waals surface area contributed by atoms with Crippen LogP contribution >= 0.6 is 23.2 Å². The number of aryl methyl sites for hydroxylation is 3. The van der Waals surface area contributed by atoms with E-state index in [0.29, 0.717) is 34.0 Å². The molecule has 0 spiro atoms. The van der Waals surface area contributed by atoms with E-state index >= 15 is 0 Å². The van der Waals surface area contributed by atoms with E-state index in [4.69, 9.17) is 37.8 Å². The minimum absolute atomic E-state index is 0.149. The first-order chi connectivity index (χ1) is 20.2. The van der Waals surface area contributed by atoms with Gasteiger partial charge in [-0.05, 0) is 81.3 Å². The predicted molar refractivity (Wildman–Crippen MR) is 171 cm³/mol. The Bertz CT molecular complexity index is 1650. The van der Waals surface area contributed by atoms with Crippen molar-refractivity contribution in [2.75, 3.05) is 16.5 Å². The molecule has 0 N–H and O–H groups in total. The number of ether oxygens (including phenoxy) is 2. The van der Waals surface area contributed by atoms with Crippen molar-refractivity contribution in [2.24, 2.45) is 5.10 Å². The fraction of sp³-hybridized carbons (Fsp3) is 0.235. The number of amidine groups is 1. The van der Waals surface area contributed by atoms with E-state index in [9.17, 15) is 4.79 Å². The summed E-state index contributed by atoms with van der Waals surface area (Å²) in [5.74, 6) is 1.31. The highest BCUT2D eigenvalue weighted by Gasteiger charge is 2.41. The van der Waals surface area contributed by atoms with Gasteiger partial charge in [0, 0.05) is 33.8 Å². The maximum Gasteiger partial charge on any atom is 0.198 e. The van der Waals surface area contributed by atoms with Crippen molar-refractivity contribution in [1.29, 1.82) is 0 Å². The molecule has 6 nitrogen and oxygen atoms in total.